The Hall–Kier alpha value is -0.831. The number of hydrogen-bond donors (Lipinski definition) is 0. The molecule has 0 radical (unpaired) electrons. The molecule has 0 saturated carbocycles. The van der Waals surface area contributed by atoms with Crippen LogP contribution in [0.5, 0.6) is 0 Å². The van der Waals surface area contributed by atoms with Crippen molar-refractivity contribution in [3.63, 3.8) is 0 Å². The molecule has 0 N–H and O–H groups in total. The SMILES string of the molecule is O=C(OCCCCCCCCCCCBr)[c-]1cccc1.[Fe].[cH-]1[cH-][cH-][cH-][cH-]1. The molecule has 0 saturated heterocycles. The van der Waals surface area contributed by atoms with E-state index >= 15 is 0 Å². The number of esters is 1. The van der Waals surface area contributed by atoms with E-state index in [1.54, 1.807) is 12.1 Å². The van der Waals surface area contributed by atoms with Crippen LogP contribution in [-0.4, -0.2) is 17.9 Å². The summed E-state index contributed by atoms with van der Waals surface area (Å²) in [6.45, 7) is 0.551. The number of ether oxygens (including phenoxy) is 1. The van der Waals surface area contributed by atoms with Crippen LogP contribution in [0.1, 0.15) is 68.1 Å². The normalized spacial score (nSPS) is 9.73. The van der Waals surface area contributed by atoms with Gasteiger partial charge in [0.1, 0.15) is 0 Å². The molecule has 0 spiro atoms. The van der Waals surface area contributed by atoms with Crippen molar-refractivity contribution in [1.29, 1.82) is 0 Å². The van der Waals surface area contributed by atoms with E-state index in [0.717, 1.165) is 18.2 Å². The summed E-state index contributed by atoms with van der Waals surface area (Å²) in [5.41, 5.74) is 0.661. The Morgan fingerprint density at radius 1 is 0.769 bits per heavy atom. The van der Waals surface area contributed by atoms with E-state index in [0.29, 0.717) is 12.2 Å². The van der Waals surface area contributed by atoms with Crippen molar-refractivity contribution >= 4 is 21.9 Å². The first-order chi connectivity index (χ1) is 12.3. The Bertz CT molecular complexity index is 477. The first-order valence-electron chi connectivity index (χ1n) is 9.46. The quantitative estimate of drug-likeness (QED) is 0.113. The van der Waals surface area contributed by atoms with Crippen molar-refractivity contribution in [3.05, 3.63) is 60.2 Å². The number of hydrogen-bond acceptors (Lipinski definition) is 2. The zero-order chi connectivity index (χ0) is 18.0. The first-order valence-corrected chi connectivity index (χ1v) is 10.6. The third kappa shape index (κ3) is 14.4. The molecule has 26 heavy (non-hydrogen) atoms. The topological polar surface area (TPSA) is 26.3 Å². The summed E-state index contributed by atoms with van der Waals surface area (Å²) < 4.78 is 5.22. The minimum absolute atomic E-state index is 0. The van der Waals surface area contributed by atoms with Gasteiger partial charge in [0.25, 0.3) is 5.97 Å². The molecule has 0 atom stereocenters. The summed E-state index contributed by atoms with van der Waals surface area (Å²) >= 11 is 3.45. The first kappa shape index (κ1) is 25.2. The standard InChI is InChI=1S/C17H26BrO2.C5H5.Fe/c18-14-10-6-4-2-1-3-5-7-11-15-20-17(19)16-12-8-9-13-16;1-2-4-5-3-1;/h8-9,12-13H,1-7,10-11,14-15H2;1-5H;/q-1;-5;. The molecule has 0 aliphatic rings. The van der Waals surface area contributed by atoms with E-state index in [-0.39, 0.29) is 23.0 Å². The number of unbranched alkanes of at least 4 members (excludes halogenated alkanes) is 8. The van der Waals surface area contributed by atoms with Crippen molar-refractivity contribution in [2.24, 2.45) is 0 Å². The van der Waals surface area contributed by atoms with Crippen LogP contribution in [0.2, 0.25) is 0 Å². The fourth-order valence-corrected chi connectivity index (χ4v) is 2.91. The minimum Gasteiger partial charge on any atom is -0.748 e. The average molecular weight is 463 g/mol. The Kier molecular flexibility index (Phi) is 18.3. The largest absolute Gasteiger partial charge is 0.748 e. The zero-order valence-electron chi connectivity index (χ0n) is 15.5. The van der Waals surface area contributed by atoms with Gasteiger partial charge < -0.3 is 35.1 Å². The van der Waals surface area contributed by atoms with Crippen LogP contribution >= 0.6 is 15.9 Å². The van der Waals surface area contributed by atoms with Crippen LogP contribution in [0, 0.1) is 0 Å². The van der Waals surface area contributed by atoms with Gasteiger partial charge in [0, 0.05) is 22.4 Å². The van der Waals surface area contributed by atoms with Crippen LogP contribution in [0.4, 0.5) is 0 Å². The third-order valence-corrected chi connectivity index (χ3v) is 4.53. The summed E-state index contributed by atoms with van der Waals surface area (Å²) in [6, 6.07) is 17.3. The van der Waals surface area contributed by atoms with Crippen LogP contribution < -0.4 is 0 Å². The predicted molar refractivity (Wildman–Crippen MR) is 110 cm³/mol. The maximum Gasteiger partial charge on any atom is 0.281 e. The predicted octanol–water partition coefficient (Wildman–Crippen LogP) is 6.87. The molecule has 0 bridgehead atoms. The van der Waals surface area contributed by atoms with Crippen LogP contribution in [-0.2, 0) is 21.8 Å². The Morgan fingerprint density at radius 2 is 1.19 bits per heavy atom. The third-order valence-electron chi connectivity index (χ3n) is 3.97. The van der Waals surface area contributed by atoms with Gasteiger partial charge in [-0.25, -0.2) is 12.1 Å². The van der Waals surface area contributed by atoms with Gasteiger partial charge >= 0.3 is 0 Å². The number of carbonyl (C=O) groups excluding carboxylic acids is 1. The molecular formula is C22H31BrFeO2-6. The van der Waals surface area contributed by atoms with Crippen LogP contribution in [0.3, 0.4) is 0 Å². The molecule has 0 heterocycles. The monoisotopic (exact) mass is 462 g/mol. The Labute approximate surface area is 178 Å². The molecule has 4 heteroatoms. The van der Waals surface area contributed by atoms with E-state index in [4.69, 9.17) is 4.74 Å². The van der Waals surface area contributed by atoms with E-state index in [1.807, 2.05) is 42.5 Å². The van der Waals surface area contributed by atoms with Crippen molar-refractivity contribution in [2.45, 2.75) is 57.8 Å². The molecule has 0 unspecified atom stereocenters. The van der Waals surface area contributed by atoms with Gasteiger partial charge in [0.15, 0.2) is 0 Å². The summed E-state index contributed by atoms with van der Waals surface area (Å²) in [6.07, 6.45) is 11.4. The van der Waals surface area contributed by atoms with Gasteiger partial charge in [-0.15, -0.1) is 0 Å². The summed E-state index contributed by atoms with van der Waals surface area (Å²) in [5, 5.41) is 1.14. The average Bonchev–Trinajstić information content (AvgIpc) is 3.35. The molecule has 2 aromatic carbocycles. The molecular weight excluding hydrogens is 432 g/mol. The number of carbonyl (C=O) groups is 1. The number of halogens is 1. The minimum atomic E-state index is -0.193. The van der Waals surface area contributed by atoms with Crippen LogP contribution in [0.25, 0.3) is 0 Å². The molecule has 152 valence electrons. The van der Waals surface area contributed by atoms with E-state index < -0.39 is 0 Å². The van der Waals surface area contributed by atoms with E-state index in [9.17, 15) is 4.79 Å². The second-order valence-electron chi connectivity index (χ2n) is 6.14. The summed E-state index contributed by atoms with van der Waals surface area (Å²) in [7, 11) is 0. The molecule has 2 nitrogen and oxygen atoms in total. The molecule has 2 aromatic rings. The Balaban J connectivity index is 0.000000893. The molecule has 0 fully saturated rings. The van der Waals surface area contributed by atoms with Crippen molar-refractivity contribution in [3.8, 4) is 0 Å². The van der Waals surface area contributed by atoms with Crippen molar-refractivity contribution in [1.82, 2.24) is 0 Å². The van der Waals surface area contributed by atoms with E-state index in [1.165, 1.54) is 44.9 Å². The van der Waals surface area contributed by atoms with Crippen LogP contribution in [0.15, 0.2) is 54.6 Å². The molecule has 0 aliphatic heterocycles. The van der Waals surface area contributed by atoms with Gasteiger partial charge in [-0.2, -0.15) is 12.1 Å². The maximum atomic E-state index is 11.5. The maximum absolute atomic E-state index is 11.5. The van der Waals surface area contributed by atoms with Gasteiger partial charge in [-0.3, -0.25) is 4.79 Å². The fourth-order valence-electron chi connectivity index (χ4n) is 2.51. The zero-order valence-corrected chi connectivity index (χ0v) is 18.2. The Morgan fingerprint density at radius 3 is 1.65 bits per heavy atom. The van der Waals surface area contributed by atoms with E-state index in [2.05, 4.69) is 15.9 Å². The van der Waals surface area contributed by atoms with Gasteiger partial charge in [0.05, 0.1) is 6.61 Å². The molecule has 2 rings (SSSR count). The van der Waals surface area contributed by atoms with Gasteiger partial charge in [-0.05, 0) is 12.8 Å². The molecule has 0 aliphatic carbocycles. The summed E-state index contributed by atoms with van der Waals surface area (Å²) in [4.78, 5) is 11.5. The molecule has 0 aromatic heterocycles. The van der Waals surface area contributed by atoms with Gasteiger partial charge in [-0.1, -0.05) is 66.4 Å². The second kappa shape index (κ2) is 18.9. The second-order valence-corrected chi connectivity index (χ2v) is 6.94. The fraction of sp³-hybridized carbons (Fsp3) is 0.500. The number of alkyl halides is 1. The smallest absolute Gasteiger partial charge is 0.281 e. The number of rotatable bonds is 12. The van der Waals surface area contributed by atoms with Gasteiger partial charge in [0.2, 0.25) is 0 Å². The van der Waals surface area contributed by atoms with Crippen molar-refractivity contribution < 1.29 is 26.6 Å². The summed E-state index contributed by atoms with van der Waals surface area (Å²) in [5.74, 6) is -0.193. The molecule has 0 amide bonds. The van der Waals surface area contributed by atoms with Crippen molar-refractivity contribution in [2.75, 3.05) is 11.9 Å².